The van der Waals surface area contributed by atoms with Gasteiger partial charge in [0.15, 0.2) is 0 Å². The maximum Gasteiger partial charge on any atom is 0.108 e. The minimum atomic E-state index is 0.564. The highest BCUT2D eigenvalue weighted by Gasteiger charge is 2.52. The van der Waals surface area contributed by atoms with Crippen molar-refractivity contribution in [3.05, 3.63) is 18.3 Å². The first-order valence-electron chi connectivity index (χ1n) is 6.01. The Bertz CT molecular complexity index is 382. The number of aryl methyl sites for hydroxylation is 1. The summed E-state index contributed by atoms with van der Waals surface area (Å²) in [7, 11) is 2.15. The van der Waals surface area contributed by atoms with Crippen molar-refractivity contribution in [2.24, 2.45) is 12.5 Å². The van der Waals surface area contributed by atoms with Crippen LogP contribution in [0, 0.1) is 5.41 Å². The van der Waals surface area contributed by atoms with Crippen LogP contribution in [0.15, 0.2) is 18.3 Å². The Morgan fingerprint density at radius 3 is 2.80 bits per heavy atom. The van der Waals surface area contributed by atoms with E-state index in [2.05, 4.69) is 48.7 Å². The van der Waals surface area contributed by atoms with E-state index in [-0.39, 0.29) is 0 Å². The predicted octanol–water partition coefficient (Wildman–Crippen LogP) is 2.79. The Hall–Kier alpha value is -0.920. The molecule has 0 aromatic carbocycles. The van der Waals surface area contributed by atoms with E-state index >= 15 is 0 Å². The standard InChI is InChI=1S/C13H20N2/c1-10-13(2)7-6-11(9-13)15(10)12-5-4-8-14(12)3/h4-5,8,10-11H,6-7,9H2,1-3H3. The van der Waals surface area contributed by atoms with Gasteiger partial charge < -0.3 is 9.47 Å². The maximum atomic E-state index is 2.64. The van der Waals surface area contributed by atoms with Gasteiger partial charge in [-0.2, -0.15) is 0 Å². The van der Waals surface area contributed by atoms with Crippen molar-refractivity contribution in [2.45, 2.75) is 45.2 Å². The number of nitrogens with zero attached hydrogens (tertiary/aromatic N) is 2. The van der Waals surface area contributed by atoms with Gasteiger partial charge in [-0.1, -0.05) is 6.92 Å². The molecule has 1 aromatic rings. The largest absolute Gasteiger partial charge is 0.352 e. The summed E-state index contributed by atoms with van der Waals surface area (Å²) in [4.78, 5) is 2.64. The molecule has 1 saturated carbocycles. The summed E-state index contributed by atoms with van der Waals surface area (Å²) >= 11 is 0. The highest BCUT2D eigenvalue weighted by atomic mass is 15.3. The molecule has 2 heteroatoms. The van der Waals surface area contributed by atoms with Gasteiger partial charge in [0.1, 0.15) is 5.82 Å². The van der Waals surface area contributed by atoms with Gasteiger partial charge in [0.25, 0.3) is 0 Å². The molecule has 2 bridgehead atoms. The summed E-state index contributed by atoms with van der Waals surface area (Å²) in [6.07, 6.45) is 6.33. The zero-order valence-corrected chi connectivity index (χ0v) is 9.90. The fourth-order valence-electron chi connectivity index (χ4n) is 3.61. The molecule has 2 fully saturated rings. The molecule has 0 N–H and O–H groups in total. The summed E-state index contributed by atoms with van der Waals surface area (Å²) in [5.74, 6) is 1.40. The second kappa shape index (κ2) is 2.81. The van der Waals surface area contributed by atoms with Gasteiger partial charge in [0.2, 0.25) is 0 Å². The highest BCUT2D eigenvalue weighted by Crippen LogP contribution is 2.53. The predicted molar refractivity (Wildman–Crippen MR) is 63.1 cm³/mol. The number of aromatic nitrogens is 1. The molecule has 1 saturated heterocycles. The number of hydrogen-bond acceptors (Lipinski definition) is 1. The van der Waals surface area contributed by atoms with Crippen LogP contribution in [0.2, 0.25) is 0 Å². The normalized spacial score (nSPS) is 39.0. The first-order valence-corrected chi connectivity index (χ1v) is 6.01. The lowest BCUT2D eigenvalue weighted by molar-refractivity contribution is 0.294. The van der Waals surface area contributed by atoms with E-state index in [0.29, 0.717) is 11.5 Å². The Morgan fingerprint density at radius 2 is 2.27 bits per heavy atom. The molecule has 15 heavy (non-hydrogen) atoms. The Balaban J connectivity index is 1.99. The van der Waals surface area contributed by atoms with E-state index in [1.807, 2.05) is 0 Å². The van der Waals surface area contributed by atoms with Crippen LogP contribution in [0.4, 0.5) is 5.82 Å². The van der Waals surface area contributed by atoms with Gasteiger partial charge >= 0.3 is 0 Å². The second-order valence-corrected chi connectivity index (χ2v) is 5.61. The van der Waals surface area contributed by atoms with Gasteiger partial charge in [0, 0.05) is 25.3 Å². The van der Waals surface area contributed by atoms with Crippen molar-refractivity contribution in [2.75, 3.05) is 4.90 Å². The zero-order chi connectivity index (χ0) is 10.6. The number of anilines is 1. The van der Waals surface area contributed by atoms with Crippen LogP contribution in [-0.2, 0) is 7.05 Å². The third kappa shape index (κ3) is 1.11. The monoisotopic (exact) mass is 204 g/mol. The molecule has 0 spiro atoms. The zero-order valence-electron chi connectivity index (χ0n) is 9.90. The molecule has 3 rings (SSSR count). The molecular weight excluding hydrogens is 184 g/mol. The molecule has 1 aromatic heterocycles. The van der Waals surface area contributed by atoms with Crippen LogP contribution < -0.4 is 4.90 Å². The molecule has 2 heterocycles. The fraction of sp³-hybridized carbons (Fsp3) is 0.692. The van der Waals surface area contributed by atoms with Gasteiger partial charge in [0.05, 0.1) is 0 Å². The van der Waals surface area contributed by atoms with E-state index in [9.17, 15) is 0 Å². The number of hydrogen-bond donors (Lipinski definition) is 0. The van der Waals surface area contributed by atoms with E-state index in [1.165, 1.54) is 25.1 Å². The van der Waals surface area contributed by atoms with Crippen LogP contribution >= 0.6 is 0 Å². The minimum absolute atomic E-state index is 0.564. The molecule has 3 unspecified atom stereocenters. The lowest BCUT2D eigenvalue weighted by atomic mass is 9.83. The molecule has 0 radical (unpaired) electrons. The maximum absolute atomic E-state index is 2.64. The van der Waals surface area contributed by atoms with Crippen molar-refractivity contribution < 1.29 is 0 Å². The average Bonchev–Trinajstić information content (AvgIpc) is 2.81. The van der Waals surface area contributed by atoms with Crippen molar-refractivity contribution in [3.8, 4) is 0 Å². The molecule has 2 nitrogen and oxygen atoms in total. The summed E-state index contributed by atoms with van der Waals surface area (Å²) in [5.41, 5.74) is 0.564. The van der Waals surface area contributed by atoms with Crippen molar-refractivity contribution in [1.82, 2.24) is 4.57 Å². The first-order chi connectivity index (χ1) is 7.12. The second-order valence-electron chi connectivity index (χ2n) is 5.61. The summed E-state index contributed by atoms with van der Waals surface area (Å²) in [5, 5.41) is 0. The van der Waals surface area contributed by atoms with Crippen LogP contribution in [0.1, 0.15) is 33.1 Å². The fourth-order valence-corrected chi connectivity index (χ4v) is 3.61. The molecule has 2 aliphatic rings. The third-order valence-corrected chi connectivity index (χ3v) is 4.75. The number of fused-ring (bicyclic) bond motifs is 2. The molecular formula is C13H20N2. The number of rotatable bonds is 1. The van der Waals surface area contributed by atoms with Crippen LogP contribution in [0.5, 0.6) is 0 Å². The Morgan fingerprint density at radius 1 is 1.47 bits per heavy atom. The first kappa shape index (κ1) is 9.32. The van der Waals surface area contributed by atoms with Gasteiger partial charge in [-0.3, -0.25) is 0 Å². The smallest absolute Gasteiger partial charge is 0.108 e. The summed E-state index contributed by atoms with van der Waals surface area (Å²) in [6.45, 7) is 4.85. The Labute approximate surface area is 91.9 Å². The van der Waals surface area contributed by atoms with E-state index in [1.54, 1.807) is 0 Å². The lowest BCUT2D eigenvalue weighted by Crippen LogP contribution is -2.43. The SMILES string of the molecule is CC1N(c2cccn2C)C2CCC1(C)C2. The third-order valence-electron chi connectivity index (χ3n) is 4.75. The Kier molecular flexibility index (Phi) is 1.74. The molecule has 3 atom stereocenters. The minimum Gasteiger partial charge on any atom is -0.352 e. The lowest BCUT2D eigenvalue weighted by Gasteiger charge is -2.39. The summed E-state index contributed by atoms with van der Waals surface area (Å²) in [6, 6.07) is 5.89. The van der Waals surface area contributed by atoms with Crippen LogP contribution in [-0.4, -0.2) is 16.7 Å². The van der Waals surface area contributed by atoms with E-state index < -0.39 is 0 Å². The molecule has 82 valence electrons. The van der Waals surface area contributed by atoms with Gasteiger partial charge in [-0.25, -0.2) is 0 Å². The molecule has 0 amide bonds. The van der Waals surface area contributed by atoms with Gasteiger partial charge in [-0.15, -0.1) is 0 Å². The molecule has 1 aliphatic carbocycles. The van der Waals surface area contributed by atoms with Crippen molar-refractivity contribution in [3.63, 3.8) is 0 Å². The molecule has 1 aliphatic heterocycles. The number of piperidine rings is 1. The quantitative estimate of drug-likeness (QED) is 0.683. The highest BCUT2D eigenvalue weighted by molar-refractivity contribution is 5.47. The topological polar surface area (TPSA) is 8.17 Å². The van der Waals surface area contributed by atoms with E-state index in [4.69, 9.17) is 0 Å². The average molecular weight is 204 g/mol. The van der Waals surface area contributed by atoms with Crippen LogP contribution in [0.3, 0.4) is 0 Å². The van der Waals surface area contributed by atoms with Crippen molar-refractivity contribution >= 4 is 5.82 Å². The summed E-state index contributed by atoms with van der Waals surface area (Å²) < 4.78 is 2.25. The van der Waals surface area contributed by atoms with Gasteiger partial charge in [-0.05, 0) is 43.7 Å². The van der Waals surface area contributed by atoms with Crippen molar-refractivity contribution in [1.29, 1.82) is 0 Å². The van der Waals surface area contributed by atoms with E-state index in [0.717, 1.165) is 6.04 Å². The van der Waals surface area contributed by atoms with Crippen LogP contribution in [0.25, 0.3) is 0 Å².